The number of halogens is 3. The van der Waals surface area contributed by atoms with Gasteiger partial charge in [0.25, 0.3) is 0 Å². The minimum absolute atomic E-state index is 0.0691. The third-order valence-electron chi connectivity index (χ3n) is 6.55. The van der Waals surface area contributed by atoms with E-state index in [4.69, 9.17) is 1.37 Å². The molecule has 0 bridgehead atoms. The van der Waals surface area contributed by atoms with Crippen LogP contribution in [0.3, 0.4) is 0 Å². The zero-order valence-corrected chi connectivity index (χ0v) is 17.6. The molecule has 0 spiro atoms. The Morgan fingerprint density at radius 1 is 1.06 bits per heavy atom. The maximum absolute atomic E-state index is 14.0. The number of nitrogens with one attached hydrogen (secondary N) is 1. The minimum atomic E-state index is -1.26. The fourth-order valence-corrected chi connectivity index (χ4v) is 4.93. The van der Waals surface area contributed by atoms with Crippen LogP contribution >= 0.6 is 0 Å². The van der Waals surface area contributed by atoms with Crippen LogP contribution in [0.2, 0.25) is 0 Å². The summed E-state index contributed by atoms with van der Waals surface area (Å²) >= 11 is 0. The molecule has 1 N–H and O–H groups in total. The molecular weight excluding hydrogens is 415 g/mol. The fourth-order valence-electron chi connectivity index (χ4n) is 4.93. The van der Waals surface area contributed by atoms with Gasteiger partial charge in [0, 0.05) is 43.0 Å². The van der Waals surface area contributed by atoms with Crippen LogP contribution in [0.1, 0.15) is 32.8 Å². The molecule has 8 heteroatoms. The second-order valence-electron chi connectivity index (χ2n) is 8.59. The maximum Gasteiger partial charge on any atom is 0.168 e. The predicted molar refractivity (Wildman–Crippen MR) is 115 cm³/mol. The van der Waals surface area contributed by atoms with Crippen molar-refractivity contribution in [2.24, 2.45) is 11.8 Å². The van der Waals surface area contributed by atoms with E-state index in [1.807, 2.05) is 25.1 Å². The first-order valence-electron chi connectivity index (χ1n) is 11.2. The van der Waals surface area contributed by atoms with Crippen molar-refractivity contribution >= 4 is 5.82 Å². The van der Waals surface area contributed by atoms with E-state index in [9.17, 15) is 13.2 Å². The summed E-state index contributed by atoms with van der Waals surface area (Å²) in [4.78, 5) is 6.58. The zero-order valence-electron chi connectivity index (χ0n) is 18.6. The molecular formula is C24H24F3N5. The molecule has 1 saturated carbocycles. The Kier molecular flexibility index (Phi) is 5.23. The van der Waals surface area contributed by atoms with Crippen molar-refractivity contribution in [3.8, 4) is 11.3 Å². The lowest BCUT2D eigenvalue weighted by Crippen LogP contribution is -2.28. The molecule has 2 aliphatic rings. The van der Waals surface area contributed by atoms with Gasteiger partial charge in [-0.15, -0.1) is 10.2 Å². The summed E-state index contributed by atoms with van der Waals surface area (Å²) in [6.45, 7) is 3.58. The van der Waals surface area contributed by atoms with Crippen molar-refractivity contribution in [2.45, 2.75) is 31.8 Å². The van der Waals surface area contributed by atoms with Crippen molar-refractivity contribution < 1.29 is 14.5 Å². The first-order valence-corrected chi connectivity index (χ1v) is 10.7. The number of fused-ring (bicyclic) bond motifs is 1. The van der Waals surface area contributed by atoms with Crippen molar-refractivity contribution in [3.63, 3.8) is 0 Å². The van der Waals surface area contributed by atoms with Gasteiger partial charge in [-0.3, -0.25) is 9.88 Å². The molecule has 3 heterocycles. The van der Waals surface area contributed by atoms with Crippen LogP contribution in [-0.2, 0) is 0 Å². The third kappa shape index (κ3) is 4.07. The lowest BCUT2D eigenvalue weighted by Gasteiger charge is -2.25. The van der Waals surface area contributed by atoms with Crippen LogP contribution in [0.4, 0.5) is 19.0 Å². The summed E-state index contributed by atoms with van der Waals surface area (Å²) < 4.78 is 49.8. The van der Waals surface area contributed by atoms with E-state index in [0.717, 1.165) is 37.7 Å². The second kappa shape index (κ2) is 8.50. The van der Waals surface area contributed by atoms with Gasteiger partial charge in [0.15, 0.2) is 11.6 Å². The van der Waals surface area contributed by atoms with Gasteiger partial charge in [0.2, 0.25) is 0 Å². The summed E-state index contributed by atoms with van der Waals surface area (Å²) in [5.74, 6) is -1.78. The highest BCUT2D eigenvalue weighted by Crippen LogP contribution is 2.41. The van der Waals surface area contributed by atoms with Gasteiger partial charge in [-0.1, -0.05) is 6.07 Å². The van der Waals surface area contributed by atoms with E-state index >= 15 is 0 Å². The highest BCUT2D eigenvalue weighted by molar-refractivity contribution is 5.60. The van der Waals surface area contributed by atoms with Crippen molar-refractivity contribution in [1.29, 1.82) is 0 Å². The molecule has 1 saturated heterocycles. The maximum atomic E-state index is 14.0. The quantitative estimate of drug-likeness (QED) is 0.576. The van der Waals surface area contributed by atoms with Crippen molar-refractivity contribution in [2.75, 3.05) is 18.4 Å². The van der Waals surface area contributed by atoms with Crippen LogP contribution in [0.25, 0.3) is 11.3 Å². The van der Waals surface area contributed by atoms with Gasteiger partial charge in [-0.05, 0) is 61.9 Å². The Hall–Kier alpha value is -3.00. The second-order valence-corrected chi connectivity index (χ2v) is 8.59. The molecule has 1 aromatic carbocycles. The normalized spacial score (nSPS) is 25.2. The Labute approximate surface area is 186 Å². The number of rotatable bonds is 5. The molecule has 1 aliphatic carbocycles. The van der Waals surface area contributed by atoms with Gasteiger partial charge < -0.3 is 5.32 Å². The number of pyridine rings is 1. The van der Waals surface area contributed by atoms with E-state index in [-0.39, 0.29) is 17.3 Å². The third-order valence-corrected chi connectivity index (χ3v) is 6.55. The molecule has 166 valence electrons. The topological polar surface area (TPSA) is 53.9 Å². The average Bonchev–Trinajstić information content (AvgIpc) is 3.37. The lowest BCUT2D eigenvalue weighted by atomic mass is 10.0. The van der Waals surface area contributed by atoms with E-state index < -0.39 is 23.5 Å². The number of likely N-dealkylation sites (tertiary alicyclic amines) is 1. The number of hydrogen-bond acceptors (Lipinski definition) is 5. The number of hydrogen-bond donors (Lipinski definition) is 1. The monoisotopic (exact) mass is 440 g/mol. The van der Waals surface area contributed by atoms with E-state index in [2.05, 4.69) is 25.4 Å². The summed E-state index contributed by atoms with van der Waals surface area (Å²) in [7, 11) is 0. The Morgan fingerprint density at radius 2 is 1.84 bits per heavy atom. The number of benzene rings is 1. The van der Waals surface area contributed by atoms with E-state index in [1.165, 1.54) is 6.07 Å². The first kappa shape index (κ1) is 19.7. The zero-order chi connectivity index (χ0) is 23.2. The first-order chi connectivity index (χ1) is 15.8. The van der Waals surface area contributed by atoms with Gasteiger partial charge in [0.1, 0.15) is 11.6 Å². The van der Waals surface area contributed by atoms with Crippen LogP contribution in [-0.4, -0.2) is 39.2 Å². The average molecular weight is 440 g/mol. The van der Waals surface area contributed by atoms with E-state index in [1.54, 1.807) is 12.3 Å². The fraction of sp³-hybridized carbons (Fsp3) is 0.375. The standard InChI is InChI=1S/C24H24F3N5/c1-14(21-4-2-3-7-28-21)32-12-15-8-18(9-16(15)13-32)29-23-6-5-22(30-31-23)19-10-17(25)11-20(26)24(19)27/h2-7,10-11,14-16,18H,8-9,12-13H2,1H3,(H,29,31)/t14?,15-,16+,18?/i14D. The summed E-state index contributed by atoms with van der Waals surface area (Å²) in [5.41, 5.74) is 0.567. The smallest absolute Gasteiger partial charge is 0.168 e. The molecule has 0 amide bonds. The molecule has 4 atom stereocenters. The summed E-state index contributed by atoms with van der Waals surface area (Å²) in [5, 5.41) is 11.4. The predicted octanol–water partition coefficient (Wildman–Crippen LogP) is 4.84. The summed E-state index contributed by atoms with van der Waals surface area (Å²) in [6, 6.07) is 9.59. The molecule has 5 nitrogen and oxygen atoms in total. The molecule has 2 fully saturated rings. The van der Waals surface area contributed by atoms with Gasteiger partial charge in [-0.25, -0.2) is 13.2 Å². The van der Waals surface area contributed by atoms with Gasteiger partial charge >= 0.3 is 0 Å². The Morgan fingerprint density at radius 3 is 2.50 bits per heavy atom. The molecule has 0 radical (unpaired) electrons. The van der Waals surface area contributed by atoms with Crippen molar-refractivity contribution in [3.05, 3.63) is 71.8 Å². The highest BCUT2D eigenvalue weighted by Gasteiger charge is 2.42. The molecule has 2 unspecified atom stereocenters. The molecule has 2 aromatic heterocycles. The largest absolute Gasteiger partial charge is 0.366 e. The molecule has 32 heavy (non-hydrogen) atoms. The number of nitrogens with zero attached hydrogens (tertiary/aromatic N) is 4. The van der Waals surface area contributed by atoms with Gasteiger partial charge in [0.05, 0.1) is 12.8 Å². The molecule has 5 rings (SSSR count). The highest BCUT2D eigenvalue weighted by atomic mass is 19.2. The van der Waals surface area contributed by atoms with E-state index in [0.29, 0.717) is 23.7 Å². The van der Waals surface area contributed by atoms with Crippen LogP contribution in [0.5, 0.6) is 0 Å². The summed E-state index contributed by atoms with van der Waals surface area (Å²) in [6.07, 6.45) is 3.63. The van der Waals surface area contributed by atoms with Crippen molar-refractivity contribution in [1.82, 2.24) is 20.1 Å². The number of aromatic nitrogens is 3. The molecule has 1 aliphatic heterocycles. The van der Waals surface area contributed by atoms with Gasteiger partial charge in [-0.2, -0.15) is 0 Å². The van der Waals surface area contributed by atoms with Crippen LogP contribution in [0, 0.1) is 29.3 Å². The minimum Gasteiger partial charge on any atom is -0.366 e. The van der Waals surface area contributed by atoms with Crippen LogP contribution in [0.15, 0.2) is 48.7 Å². The SMILES string of the molecule is [2H]C(C)(c1ccccn1)N1C[C@H]2CC(Nc3ccc(-c4cc(F)cc(F)c4F)nn3)C[C@H]2C1. The molecule has 3 aromatic rings. The lowest BCUT2D eigenvalue weighted by molar-refractivity contribution is 0.237. The van der Waals surface area contributed by atoms with Crippen LogP contribution < -0.4 is 5.32 Å². The Bertz CT molecular complexity index is 1130. The Balaban J connectivity index is 1.21. The number of anilines is 1.